The maximum Gasteiger partial charge on any atom is 0.252 e. The van der Waals surface area contributed by atoms with Gasteiger partial charge < -0.3 is 15.5 Å². The van der Waals surface area contributed by atoms with E-state index in [4.69, 9.17) is 0 Å². The zero-order chi connectivity index (χ0) is 21.0. The highest BCUT2D eigenvalue weighted by Gasteiger charge is 2.11. The third-order valence-electron chi connectivity index (χ3n) is 5.49. The average molecular weight is 433 g/mol. The molecule has 1 fully saturated rings. The molecule has 3 aromatic heterocycles. The van der Waals surface area contributed by atoms with Gasteiger partial charge in [0.1, 0.15) is 5.65 Å². The number of anilines is 3. The summed E-state index contributed by atoms with van der Waals surface area (Å²) in [4.78, 5) is 25.3. The Morgan fingerprint density at radius 2 is 1.90 bits per heavy atom. The van der Waals surface area contributed by atoms with Crippen molar-refractivity contribution < 1.29 is 0 Å². The topological polar surface area (TPSA) is 75.1 Å². The lowest BCUT2D eigenvalue weighted by Crippen LogP contribution is -2.43. The highest BCUT2D eigenvalue weighted by atomic mass is 32.1. The normalized spacial score (nSPS) is 14.1. The summed E-state index contributed by atoms with van der Waals surface area (Å²) in [5.41, 5.74) is 2.74. The van der Waals surface area contributed by atoms with Gasteiger partial charge in [-0.1, -0.05) is 6.07 Å². The van der Waals surface area contributed by atoms with Gasteiger partial charge in [-0.25, -0.2) is 4.98 Å². The number of piperazine rings is 1. The van der Waals surface area contributed by atoms with Crippen molar-refractivity contribution in [2.24, 2.45) is 0 Å². The molecular weight excluding hydrogens is 408 g/mol. The van der Waals surface area contributed by atoms with E-state index < -0.39 is 0 Å². The smallest absolute Gasteiger partial charge is 0.252 e. The lowest BCUT2D eigenvalue weighted by molar-refractivity contribution is 0.589. The third kappa shape index (κ3) is 4.45. The molecule has 158 valence electrons. The SMILES string of the molecule is O=c1ccc2cnc(Nc3ccc(N4CCNCC4)cc3)nc2n1CCc1cccs1. The van der Waals surface area contributed by atoms with Gasteiger partial charge >= 0.3 is 0 Å². The van der Waals surface area contributed by atoms with Crippen LogP contribution in [0.15, 0.2) is 64.9 Å². The van der Waals surface area contributed by atoms with E-state index >= 15 is 0 Å². The van der Waals surface area contributed by atoms with Crippen LogP contribution in [0.25, 0.3) is 11.0 Å². The summed E-state index contributed by atoms with van der Waals surface area (Å²) in [6.45, 7) is 4.65. The molecule has 0 bridgehead atoms. The Kier molecular flexibility index (Phi) is 5.64. The van der Waals surface area contributed by atoms with Crippen molar-refractivity contribution in [3.63, 3.8) is 0 Å². The van der Waals surface area contributed by atoms with Crippen LogP contribution < -0.4 is 21.1 Å². The molecule has 0 atom stereocenters. The first-order valence-electron chi connectivity index (χ1n) is 10.5. The molecule has 0 saturated carbocycles. The molecule has 5 rings (SSSR count). The Hall–Kier alpha value is -3.23. The average Bonchev–Trinajstić information content (AvgIpc) is 3.33. The summed E-state index contributed by atoms with van der Waals surface area (Å²) >= 11 is 1.70. The van der Waals surface area contributed by atoms with Gasteiger partial charge in [-0.15, -0.1) is 11.3 Å². The van der Waals surface area contributed by atoms with E-state index in [1.807, 2.05) is 18.2 Å². The molecule has 1 aliphatic rings. The van der Waals surface area contributed by atoms with Crippen molar-refractivity contribution in [2.45, 2.75) is 13.0 Å². The number of pyridine rings is 1. The number of thiophene rings is 1. The zero-order valence-electron chi connectivity index (χ0n) is 17.1. The number of nitrogens with one attached hydrogen (secondary N) is 2. The van der Waals surface area contributed by atoms with Gasteiger partial charge in [0, 0.05) is 66.6 Å². The molecule has 4 heterocycles. The molecule has 0 aliphatic carbocycles. The largest absolute Gasteiger partial charge is 0.369 e. The van der Waals surface area contributed by atoms with Gasteiger partial charge in [0.05, 0.1) is 0 Å². The lowest BCUT2D eigenvalue weighted by Gasteiger charge is -2.29. The summed E-state index contributed by atoms with van der Waals surface area (Å²) in [7, 11) is 0. The number of benzene rings is 1. The monoisotopic (exact) mass is 432 g/mol. The lowest BCUT2D eigenvalue weighted by atomic mass is 10.2. The minimum absolute atomic E-state index is 0.0471. The summed E-state index contributed by atoms with van der Waals surface area (Å²) in [6.07, 6.45) is 2.57. The molecule has 31 heavy (non-hydrogen) atoms. The quantitative estimate of drug-likeness (QED) is 0.487. The van der Waals surface area contributed by atoms with Crippen LogP contribution in [0.2, 0.25) is 0 Å². The van der Waals surface area contributed by atoms with E-state index in [9.17, 15) is 4.79 Å². The number of nitrogens with zero attached hydrogens (tertiary/aromatic N) is 4. The van der Waals surface area contributed by atoms with Crippen LogP contribution in [0.5, 0.6) is 0 Å². The molecule has 0 spiro atoms. The summed E-state index contributed by atoms with van der Waals surface area (Å²) < 4.78 is 1.73. The van der Waals surface area contributed by atoms with Crippen LogP contribution >= 0.6 is 11.3 Å². The molecule has 1 aromatic carbocycles. The maximum atomic E-state index is 12.5. The number of aromatic nitrogens is 3. The Morgan fingerprint density at radius 1 is 1.06 bits per heavy atom. The molecule has 4 aromatic rings. The van der Waals surface area contributed by atoms with Crippen molar-refractivity contribution >= 4 is 39.7 Å². The molecule has 0 radical (unpaired) electrons. The predicted molar refractivity (Wildman–Crippen MR) is 127 cm³/mol. The van der Waals surface area contributed by atoms with Crippen molar-refractivity contribution in [2.75, 3.05) is 36.4 Å². The first-order valence-corrected chi connectivity index (χ1v) is 11.4. The minimum atomic E-state index is -0.0471. The first kappa shape index (κ1) is 19.7. The van der Waals surface area contributed by atoms with Gasteiger partial charge in [0.15, 0.2) is 0 Å². The fourth-order valence-electron chi connectivity index (χ4n) is 3.83. The zero-order valence-corrected chi connectivity index (χ0v) is 17.9. The van der Waals surface area contributed by atoms with Gasteiger partial charge in [-0.2, -0.15) is 4.98 Å². The summed E-state index contributed by atoms with van der Waals surface area (Å²) in [6, 6.07) is 15.8. The van der Waals surface area contributed by atoms with E-state index in [1.54, 1.807) is 34.2 Å². The van der Waals surface area contributed by atoms with Crippen molar-refractivity contribution in [3.05, 3.63) is 75.3 Å². The molecule has 8 heteroatoms. The Bertz CT molecular complexity index is 1210. The number of fused-ring (bicyclic) bond motifs is 1. The second-order valence-electron chi connectivity index (χ2n) is 7.53. The molecular formula is C23H24N6OS. The van der Waals surface area contributed by atoms with Gasteiger partial charge in [0.25, 0.3) is 5.56 Å². The molecule has 0 unspecified atom stereocenters. The fraction of sp³-hybridized carbons (Fsp3) is 0.261. The summed E-state index contributed by atoms with van der Waals surface area (Å²) in [5, 5.41) is 9.56. The van der Waals surface area contributed by atoms with Crippen LogP contribution in [-0.2, 0) is 13.0 Å². The maximum absolute atomic E-state index is 12.5. The number of hydrogen-bond acceptors (Lipinski definition) is 7. The predicted octanol–water partition coefficient (Wildman–Crippen LogP) is 3.25. The van der Waals surface area contributed by atoms with E-state index in [1.165, 1.54) is 10.6 Å². The van der Waals surface area contributed by atoms with Crippen LogP contribution in [0.3, 0.4) is 0 Å². The molecule has 0 amide bonds. The van der Waals surface area contributed by atoms with Gasteiger partial charge in [0.2, 0.25) is 5.95 Å². The van der Waals surface area contributed by atoms with E-state index in [0.717, 1.165) is 43.7 Å². The Labute approximate surface area is 184 Å². The standard InChI is InChI=1S/C23H24N6OS/c30-21-8-3-17-16-25-23(27-22(17)29(21)12-9-20-2-1-15-31-20)26-18-4-6-19(7-5-18)28-13-10-24-11-14-28/h1-8,15-16,24H,9-14H2,(H,25,26,27). The van der Waals surface area contributed by atoms with Gasteiger partial charge in [-0.3, -0.25) is 9.36 Å². The first-order chi connectivity index (χ1) is 15.3. The van der Waals surface area contributed by atoms with Crippen LogP contribution in [-0.4, -0.2) is 40.7 Å². The van der Waals surface area contributed by atoms with Crippen molar-refractivity contribution in [1.29, 1.82) is 0 Å². The molecule has 1 aliphatic heterocycles. The number of hydrogen-bond donors (Lipinski definition) is 2. The van der Waals surface area contributed by atoms with Gasteiger partial charge in [-0.05, 0) is 48.2 Å². The number of rotatable bonds is 6. The van der Waals surface area contributed by atoms with Crippen LogP contribution in [0.4, 0.5) is 17.3 Å². The number of aryl methyl sites for hydroxylation is 2. The van der Waals surface area contributed by atoms with E-state index in [0.29, 0.717) is 18.1 Å². The van der Waals surface area contributed by atoms with Crippen molar-refractivity contribution in [3.8, 4) is 0 Å². The summed E-state index contributed by atoms with van der Waals surface area (Å²) in [5.74, 6) is 0.484. The van der Waals surface area contributed by atoms with Crippen LogP contribution in [0, 0.1) is 0 Å². The second-order valence-corrected chi connectivity index (χ2v) is 8.57. The molecule has 7 nitrogen and oxygen atoms in total. The highest BCUT2D eigenvalue weighted by molar-refractivity contribution is 7.09. The van der Waals surface area contributed by atoms with Crippen LogP contribution in [0.1, 0.15) is 4.88 Å². The highest BCUT2D eigenvalue weighted by Crippen LogP contribution is 2.21. The van der Waals surface area contributed by atoms with Crippen molar-refractivity contribution in [1.82, 2.24) is 19.9 Å². The Morgan fingerprint density at radius 3 is 2.68 bits per heavy atom. The Balaban J connectivity index is 1.37. The van der Waals surface area contributed by atoms with E-state index in [2.05, 4.69) is 49.1 Å². The molecule has 2 N–H and O–H groups in total. The fourth-order valence-corrected chi connectivity index (χ4v) is 4.53. The van der Waals surface area contributed by atoms with E-state index in [-0.39, 0.29) is 5.56 Å². The second kappa shape index (κ2) is 8.87. The minimum Gasteiger partial charge on any atom is -0.369 e. The third-order valence-corrected chi connectivity index (χ3v) is 6.43. The molecule has 1 saturated heterocycles.